The van der Waals surface area contributed by atoms with E-state index in [0.717, 1.165) is 18.6 Å². The van der Waals surface area contributed by atoms with Crippen LogP contribution in [0, 0.1) is 0 Å². The predicted octanol–water partition coefficient (Wildman–Crippen LogP) is 1.79. The van der Waals surface area contributed by atoms with Gasteiger partial charge in [-0.15, -0.1) is 0 Å². The third-order valence-electron chi connectivity index (χ3n) is 2.17. The highest BCUT2D eigenvalue weighted by atomic mass is 32.2. The zero-order valence-corrected chi connectivity index (χ0v) is 9.27. The minimum Gasteiger partial charge on any atom is -0.466 e. The first-order valence-electron chi connectivity index (χ1n) is 5.04. The van der Waals surface area contributed by atoms with Gasteiger partial charge >= 0.3 is 5.97 Å². The highest BCUT2D eigenvalue weighted by molar-refractivity contribution is 8.00. The molecule has 0 radical (unpaired) electrons. The number of ketones is 1. The van der Waals surface area contributed by atoms with Crippen LogP contribution >= 0.6 is 11.8 Å². The molecule has 0 bridgehead atoms. The van der Waals surface area contributed by atoms with Crippen molar-refractivity contribution in [2.75, 3.05) is 12.4 Å². The number of hydrogen-bond donors (Lipinski definition) is 0. The summed E-state index contributed by atoms with van der Waals surface area (Å²) in [6.45, 7) is 2.16. The standard InChI is InChI=1S/C10H16O3S/c1-2-13-10(12)6-5-8(11)9-4-3-7-14-9/h9H,2-7H2,1H3. The molecule has 0 aromatic carbocycles. The van der Waals surface area contributed by atoms with Crippen LogP contribution in [0.4, 0.5) is 0 Å². The number of carbonyl (C=O) groups is 2. The summed E-state index contributed by atoms with van der Waals surface area (Å²) in [5.74, 6) is 1.03. The predicted molar refractivity (Wildman–Crippen MR) is 56.4 cm³/mol. The van der Waals surface area contributed by atoms with Gasteiger partial charge in [-0.3, -0.25) is 9.59 Å². The van der Waals surface area contributed by atoms with Crippen LogP contribution in [-0.2, 0) is 14.3 Å². The maximum absolute atomic E-state index is 11.5. The van der Waals surface area contributed by atoms with E-state index in [4.69, 9.17) is 4.74 Å². The Morgan fingerprint density at radius 3 is 2.79 bits per heavy atom. The monoisotopic (exact) mass is 216 g/mol. The molecule has 1 aliphatic heterocycles. The molecule has 1 heterocycles. The zero-order valence-electron chi connectivity index (χ0n) is 8.45. The Morgan fingerprint density at radius 1 is 1.43 bits per heavy atom. The van der Waals surface area contributed by atoms with E-state index < -0.39 is 0 Å². The molecule has 0 amide bonds. The third kappa shape index (κ3) is 3.70. The van der Waals surface area contributed by atoms with Crippen molar-refractivity contribution in [1.29, 1.82) is 0 Å². The van der Waals surface area contributed by atoms with E-state index in [1.165, 1.54) is 0 Å². The molecule has 4 heteroatoms. The van der Waals surface area contributed by atoms with E-state index >= 15 is 0 Å². The van der Waals surface area contributed by atoms with E-state index in [2.05, 4.69) is 0 Å². The largest absolute Gasteiger partial charge is 0.466 e. The minimum absolute atomic E-state index is 0.143. The number of rotatable bonds is 5. The van der Waals surface area contributed by atoms with Gasteiger partial charge < -0.3 is 4.74 Å². The van der Waals surface area contributed by atoms with E-state index in [1.54, 1.807) is 18.7 Å². The van der Waals surface area contributed by atoms with Crippen LogP contribution in [0.25, 0.3) is 0 Å². The Bertz CT molecular complexity index is 209. The molecule has 1 atom stereocenters. The van der Waals surface area contributed by atoms with Crippen molar-refractivity contribution in [1.82, 2.24) is 0 Å². The molecule has 1 rings (SSSR count). The number of Topliss-reactive ketones (excluding diaryl/α,β-unsaturated/α-hetero) is 1. The van der Waals surface area contributed by atoms with Gasteiger partial charge in [-0.2, -0.15) is 11.8 Å². The van der Waals surface area contributed by atoms with Crippen LogP contribution in [-0.4, -0.2) is 29.4 Å². The second kappa shape index (κ2) is 6.06. The molecular formula is C10H16O3S. The normalized spacial score (nSPS) is 20.8. The van der Waals surface area contributed by atoms with Crippen LogP contribution in [0.15, 0.2) is 0 Å². The van der Waals surface area contributed by atoms with Crippen molar-refractivity contribution in [3.63, 3.8) is 0 Å². The molecule has 1 fully saturated rings. The molecule has 0 aromatic rings. The number of esters is 1. The van der Waals surface area contributed by atoms with Crippen molar-refractivity contribution in [3.8, 4) is 0 Å². The maximum atomic E-state index is 11.5. The Kier molecular flexibility index (Phi) is 5.01. The second-order valence-electron chi connectivity index (χ2n) is 3.27. The van der Waals surface area contributed by atoms with Crippen molar-refractivity contribution in [3.05, 3.63) is 0 Å². The Hall–Kier alpha value is -0.510. The maximum Gasteiger partial charge on any atom is 0.306 e. The fraction of sp³-hybridized carbons (Fsp3) is 0.800. The summed E-state index contributed by atoms with van der Waals surface area (Å²) in [5.41, 5.74) is 0. The number of ether oxygens (including phenoxy) is 1. The smallest absolute Gasteiger partial charge is 0.306 e. The number of thioether (sulfide) groups is 1. The van der Waals surface area contributed by atoms with Gasteiger partial charge in [-0.25, -0.2) is 0 Å². The fourth-order valence-corrected chi connectivity index (χ4v) is 2.71. The van der Waals surface area contributed by atoms with Gasteiger partial charge in [0.15, 0.2) is 0 Å². The van der Waals surface area contributed by atoms with Gasteiger partial charge in [0, 0.05) is 6.42 Å². The average molecular weight is 216 g/mol. The summed E-state index contributed by atoms with van der Waals surface area (Å²) in [6, 6.07) is 0. The molecule has 80 valence electrons. The summed E-state index contributed by atoms with van der Waals surface area (Å²) < 4.78 is 4.76. The molecule has 1 unspecified atom stereocenters. The van der Waals surface area contributed by atoms with Gasteiger partial charge in [-0.1, -0.05) is 0 Å². The third-order valence-corrected chi connectivity index (χ3v) is 3.59. The number of carbonyl (C=O) groups excluding carboxylic acids is 2. The number of hydrogen-bond acceptors (Lipinski definition) is 4. The van der Waals surface area contributed by atoms with Crippen LogP contribution < -0.4 is 0 Å². The van der Waals surface area contributed by atoms with Crippen molar-refractivity contribution in [2.24, 2.45) is 0 Å². The Balaban J connectivity index is 2.17. The summed E-state index contributed by atoms with van der Waals surface area (Å²) in [5, 5.41) is 0.143. The highest BCUT2D eigenvalue weighted by Gasteiger charge is 2.23. The average Bonchev–Trinajstić information content (AvgIpc) is 2.67. The lowest BCUT2D eigenvalue weighted by atomic mass is 10.1. The molecule has 0 aliphatic carbocycles. The molecule has 1 aliphatic rings. The molecule has 0 N–H and O–H groups in total. The van der Waals surface area contributed by atoms with Crippen molar-refractivity contribution < 1.29 is 14.3 Å². The lowest BCUT2D eigenvalue weighted by Gasteiger charge is -2.06. The van der Waals surface area contributed by atoms with Crippen LogP contribution in [0.3, 0.4) is 0 Å². The summed E-state index contributed by atoms with van der Waals surface area (Å²) >= 11 is 1.71. The molecule has 0 aromatic heterocycles. The molecule has 0 spiro atoms. The Labute approximate surface area is 88.6 Å². The van der Waals surface area contributed by atoms with Crippen LogP contribution in [0.2, 0.25) is 0 Å². The topological polar surface area (TPSA) is 43.4 Å². The van der Waals surface area contributed by atoms with Crippen molar-refractivity contribution >= 4 is 23.5 Å². The minimum atomic E-state index is -0.260. The van der Waals surface area contributed by atoms with Gasteiger partial charge in [0.25, 0.3) is 0 Å². The first kappa shape index (κ1) is 11.6. The summed E-state index contributed by atoms with van der Waals surface area (Å²) in [6.07, 6.45) is 2.69. The first-order valence-corrected chi connectivity index (χ1v) is 6.09. The molecule has 0 saturated carbocycles. The molecule has 1 saturated heterocycles. The molecular weight excluding hydrogens is 200 g/mol. The summed E-state index contributed by atoms with van der Waals surface area (Å²) in [7, 11) is 0. The van der Waals surface area contributed by atoms with E-state index in [1.807, 2.05) is 0 Å². The van der Waals surface area contributed by atoms with E-state index in [0.29, 0.717) is 13.0 Å². The van der Waals surface area contributed by atoms with Crippen LogP contribution in [0.1, 0.15) is 32.6 Å². The highest BCUT2D eigenvalue weighted by Crippen LogP contribution is 2.27. The van der Waals surface area contributed by atoms with Gasteiger partial charge in [-0.05, 0) is 25.5 Å². The SMILES string of the molecule is CCOC(=O)CCC(=O)C1CCCS1. The summed E-state index contributed by atoms with van der Waals surface area (Å²) in [4.78, 5) is 22.5. The molecule has 14 heavy (non-hydrogen) atoms. The van der Waals surface area contributed by atoms with E-state index in [9.17, 15) is 9.59 Å². The molecule has 3 nitrogen and oxygen atoms in total. The second-order valence-corrected chi connectivity index (χ2v) is 4.58. The van der Waals surface area contributed by atoms with Crippen LogP contribution in [0.5, 0.6) is 0 Å². The Morgan fingerprint density at radius 2 is 2.21 bits per heavy atom. The lowest BCUT2D eigenvalue weighted by molar-refractivity contribution is -0.144. The first-order chi connectivity index (χ1) is 6.74. The van der Waals surface area contributed by atoms with Crippen molar-refractivity contribution in [2.45, 2.75) is 37.9 Å². The van der Waals surface area contributed by atoms with E-state index in [-0.39, 0.29) is 23.4 Å². The fourth-order valence-electron chi connectivity index (χ4n) is 1.45. The van der Waals surface area contributed by atoms with Gasteiger partial charge in [0.05, 0.1) is 18.3 Å². The van der Waals surface area contributed by atoms with Gasteiger partial charge in [0.2, 0.25) is 0 Å². The van der Waals surface area contributed by atoms with Gasteiger partial charge in [0.1, 0.15) is 5.78 Å². The zero-order chi connectivity index (χ0) is 10.4. The lowest BCUT2D eigenvalue weighted by Crippen LogP contribution is -2.16. The quantitative estimate of drug-likeness (QED) is 0.657.